The Morgan fingerprint density at radius 1 is 1.16 bits per heavy atom. The first-order chi connectivity index (χ1) is 14.9. The molecule has 1 unspecified atom stereocenters. The van der Waals surface area contributed by atoms with Gasteiger partial charge in [0.05, 0.1) is 30.8 Å². The van der Waals surface area contributed by atoms with Crippen molar-refractivity contribution in [2.75, 3.05) is 32.9 Å². The van der Waals surface area contributed by atoms with Gasteiger partial charge in [0.25, 0.3) is 0 Å². The van der Waals surface area contributed by atoms with Crippen LogP contribution in [0.3, 0.4) is 0 Å². The number of ether oxygens (including phenoxy) is 2. The van der Waals surface area contributed by atoms with Crippen LogP contribution in [0, 0.1) is 0 Å². The second-order valence-corrected chi connectivity index (χ2v) is 9.39. The Hall–Kier alpha value is -2.42. The highest BCUT2D eigenvalue weighted by atomic mass is 32.2. The number of aryl methyl sites for hydroxylation is 1. The lowest BCUT2D eigenvalue weighted by Crippen LogP contribution is -2.40. The van der Waals surface area contributed by atoms with Gasteiger partial charge in [-0.2, -0.15) is 4.31 Å². The Kier molecular flexibility index (Phi) is 8.06. The maximum atomic E-state index is 12.7. The van der Waals surface area contributed by atoms with E-state index in [9.17, 15) is 13.2 Å². The molecule has 0 aliphatic carbocycles. The molecule has 1 aliphatic heterocycles. The van der Waals surface area contributed by atoms with E-state index in [0.717, 1.165) is 16.9 Å². The number of hydrogen-bond acceptors (Lipinski definition) is 5. The number of rotatable bonds is 9. The molecule has 2 aromatic carbocycles. The van der Waals surface area contributed by atoms with Crippen LogP contribution in [0.4, 0.5) is 0 Å². The number of amides is 1. The molecule has 1 heterocycles. The van der Waals surface area contributed by atoms with Gasteiger partial charge >= 0.3 is 0 Å². The molecule has 0 spiro atoms. The predicted octanol–water partition coefficient (Wildman–Crippen LogP) is 2.92. The van der Waals surface area contributed by atoms with Crippen molar-refractivity contribution in [3.05, 3.63) is 59.7 Å². The molecule has 1 saturated heterocycles. The van der Waals surface area contributed by atoms with Gasteiger partial charge in [0.15, 0.2) is 0 Å². The van der Waals surface area contributed by atoms with Crippen LogP contribution in [-0.4, -0.2) is 51.5 Å². The summed E-state index contributed by atoms with van der Waals surface area (Å²) < 4.78 is 37.6. The summed E-state index contributed by atoms with van der Waals surface area (Å²) in [7, 11) is -3.50. The molecular formula is C23H30N2O5S. The van der Waals surface area contributed by atoms with E-state index in [4.69, 9.17) is 9.47 Å². The lowest BCUT2D eigenvalue weighted by atomic mass is 10.1. The summed E-state index contributed by atoms with van der Waals surface area (Å²) in [6.07, 6.45) is 0.862. The van der Waals surface area contributed by atoms with Crippen molar-refractivity contribution < 1.29 is 22.7 Å². The minimum absolute atomic E-state index is 0.0562. The Morgan fingerprint density at radius 3 is 2.55 bits per heavy atom. The van der Waals surface area contributed by atoms with Gasteiger partial charge in [-0.25, -0.2) is 8.42 Å². The summed E-state index contributed by atoms with van der Waals surface area (Å²) in [5.41, 5.74) is 1.90. The molecule has 31 heavy (non-hydrogen) atoms. The normalized spacial score (nSPS) is 15.9. The van der Waals surface area contributed by atoms with E-state index in [1.807, 2.05) is 38.1 Å². The topological polar surface area (TPSA) is 84.9 Å². The van der Waals surface area contributed by atoms with Crippen molar-refractivity contribution >= 4 is 15.9 Å². The SMILES string of the molecule is CCOc1cccc(C(C)NC(=O)CCc2ccc(S(=O)(=O)N3CCOCC3)cc2)c1. The van der Waals surface area contributed by atoms with Gasteiger partial charge in [0.2, 0.25) is 15.9 Å². The predicted molar refractivity (Wildman–Crippen MR) is 119 cm³/mol. The molecule has 2 aromatic rings. The number of sulfonamides is 1. The van der Waals surface area contributed by atoms with Crippen molar-refractivity contribution in [1.82, 2.24) is 9.62 Å². The van der Waals surface area contributed by atoms with E-state index in [1.54, 1.807) is 24.3 Å². The summed E-state index contributed by atoms with van der Waals surface area (Å²) in [6, 6.07) is 14.3. The van der Waals surface area contributed by atoms with Gasteiger partial charge in [0.1, 0.15) is 5.75 Å². The zero-order valence-electron chi connectivity index (χ0n) is 18.0. The van der Waals surface area contributed by atoms with E-state index in [0.29, 0.717) is 45.8 Å². The second kappa shape index (κ2) is 10.7. The Bertz CT molecular complexity index is 970. The summed E-state index contributed by atoms with van der Waals surface area (Å²) in [5.74, 6) is 0.729. The summed E-state index contributed by atoms with van der Waals surface area (Å²) >= 11 is 0. The molecule has 0 aromatic heterocycles. The largest absolute Gasteiger partial charge is 0.494 e. The Balaban J connectivity index is 1.52. The van der Waals surface area contributed by atoms with Crippen LogP contribution in [0.15, 0.2) is 53.4 Å². The highest BCUT2D eigenvalue weighted by Gasteiger charge is 2.26. The van der Waals surface area contributed by atoms with Crippen LogP contribution in [0.25, 0.3) is 0 Å². The third kappa shape index (κ3) is 6.29. The smallest absolute Gasteiger partial charge is 0.243 e. The minimum Gasteiger partial charge on any atom is -0.494 e. The molecule has 1 amide bonds. The average Bonchev–Trinajstić information content (AvgIpc) is 2.79. The number of nitrogens with one attached hydrogen (secondary N) is 1. The first kappa shape index (κ1) is 23.2. The number of morpholine rings is 1. The lowest BCUT2D eigenvalue weighted by molar-refractivity contribution is -0.121. The minimum atomic E-state index is -3.50. The van der Waals surface area contributed by atoms with Gasteiger partial charge in [-0.1, -0.05) is 24.3 Å². The maximum absolute atomic E-state index is 12.7. The molecule has 1 N–H and O–H groups in total. The highest BCUT2D eigenvalue weighted by molar-refractivity contribution is 7.89. The number of hydrogen-bond donors (Lipinski definition) is 1. The fourth-order valence-corrected chi connectivity index (χ4v) is 4.87. The maximum Gasteiger partial charge on any atom is 0.243 e. The first-order valence-electron chi connectivity index (χ1n) is 10.6. The number of carbonyl (C=O) groups is 1. The quantitative estimate of drug-likeness (QED) is 0.640. The van der Waals surface area contributed by atoms with Crippen LogP contribution in [0.2, 0.25) is 0 Å². The van der Waals surface area contributed by atoms with E-state index in [1.165, 1.54) is 4.31 Å². The highest BCUT2D eigenvalue weighted by Crippen LogP contribution is 2.20. The summed E-state index contributed by atoms with van der Waals surface area (Å²) in [6.45, 7) is 6.04. The van der Waals surface area contributed by atoms with Gasteiger partial charge in [0, 0.05) is 19.5 Å². The standard InChI is InChI=1S/C23H30N2O5S/c1-3-30-21-6-4-5-20(17-21)18(2)24-23(26)12-9-19-7-10-22(11-8-19)31(27,28)25-13-15-29-16-14-25/h4-8,10-11,17-18H,3,9,12-16H2,1-2H3,(H,24,26). The number of nitrogens with zero attached hydrogens (tertiary/aromatic N) is 1. The van der Waals surface area contributed by atoms with Crippen LogP contribution in [0.1, 0.15) is 37.4 Å². The Labute approximate surface area is 184 Å². The fourth-order valence-electron chi connectivity index (χ4n) is 3.46. The molecule has 1 atom stereocenters. The number of carbonyl (C=O) groups excluding carboxylic acids is 1. The molecule has 168 valence electrons. The van der Waals surface area contributed by atoms with Crippen molar-refractivity contribution in [2.45, 2.75) is 37.6 Å². The zero-order chi connectivity index (χ0) is 22.3. The zero-order valence-corrected chi connectivity index (χ0v) is 18.9. The molecular weight excluding hydrogens is 416 g/mol. The van der Waals surface area contributed by atoms with E-state index < -0.39 is 10.0 Å². The molecule has 7 nitrogen and oxygen atoms in total. The third-order valence-electron chi connectivity index (χ3n) is 5.22. The first-order valence-corrected chi connectivity index (χ1v) is 12.0. The van der Waals surface area contributed by atoms with Crippen LogP contribution < -0.4 is 10.1 Å². The van der Waals surface area contributed by atoms with Crippen molar-refractivity contribution in [3.63, 3.8) is 0 Å². The lowest BCUT2D eigenvalue weighted by Gasteiger charge is -2.26. The molecule has 8 heteroatoms. The fraction of sp³-hybridized carbons (Fsp3) is 0.435. The average molecular weight is 447 g/mol. The molecule has 1 aliphatic rings. The monoisotopic (exact) mass is 446 g/mol. The second-order valence-electron chi connectivity index (χ2n) is 7.46. The third-order valence-corrected chi connectivity index (χ3v) is 7.13. The summed E-state index contributed by atoms with van der Waals surface area (Å²) in [4.78, 5) is 12.7. The molecule has 0 radical (unpaired) electrons. The van der Waals surface area contributed by atoms with Crippen molar-refractivity contribution in [1.29, 1.82) is 0 Å². The van der Waals surface area contributed by atoms with Gasteiger partial charge < -0.3 is 14.8 Å². The van der Waals surface area contributed by atoms with Crippen LogP contribution >= 0.6 is 0 Å². The molecule has 1 fully saturated rings. The van der Waals surface area contributed by atoms with E-state index in [2.05, 4.69) is 5.32 Å². The molecule has 3 rings (SSSR count). The van der Waals surface area contributed by atoms with E-state index >= 15 is 0 Å². The van der Waals surface area contributed by atoms with Gasteiger partial charge in [-0.15, -0.1) is 0 Å². The molecule has 0 saturated carbocycles. The summed E-state index contributed by atoms with van der Waals surface area (Å²) in [5, 5.41) is 3.01. The van der Waals surface area contributed by atoms with Crippen LogP contribution in [0.5, 0.6) is 5.75 Å². The Morgan fingerprint density at radius 2 is 1.87 bits per heavy atom. The van der Waals surface area contributed by atoms with E-state index in [-0.39, 0.29) is 16.8 Å². The number of benzene rings is 2. The van der Waals surface area contributed by atoms with Gasteiger partial charge in [-0.3, -0.25) is 4.79 Å². The van der Waals surface area contributed by atoms with Crippen molar-refractivity contribution in [3.8, 4) is 5.75 Å². The molecule has 0 bridgehead atoms. The van der Waals surface area contributed by atoms with Gasteiger partial charge in [-0.05, 0) is 55.7 Å². The van der Waals surface area contributed by atoms with Crippen molar-refractivity contribution in [2.24, 2.45) is 0 Å². The van der Waals surface area contributed by atoms with Crippen LogP contribution in [-0.2, 0) is 26.0 Å².